The fraction of sp³-hybridized carbons (Fsp3) is 0.0588. The van der Waals surface area contributed by atoms with Crippen LogP contribution in [0, 0.1) is 0 Å². The van der Waals surface area contributed by atoms with Gasteiger partial charge in [-0.1, -0.05) is 47.6 Å². The van der Waals surface area contributed by atoms with Gasteiger partial charge in [0.1, 0.15) is 0 Å². The number of carbonyl (C=O) groups is 1. The van der Waals surface area contributed by atoms with Crippen molar-refractivity contribution in [1.82, 2.24) is 10.5 Å². The molecule has 0 spiro atoms. The average molecular weight is 372 g/mol. The summed E-state index contributed by atoms with van der Waals surface area (Å²) in [5.74, 6) is 0.824. The largest absolute Gasteiger partial charge is 0.354 e. The molecule has 0 unspecified atom stereocenters. The van der Waals surface area contributed by atoms with Gasteiger partial charge in [-0.25, -0.2) is 18.4 Å². The van der Waals surface area contributed by atoms with Gasteiger partial charge in [0.05, 0.1) is 4.90 Å². The molecule has 2 aromatic carbocycles. The van der Waals surface area contributed by atoms with Crippen molar-refractivity contribution in [2.24, 2.45) is 5.14 Å². The first kappa shape index (κ1) is 17.6. The first-order valence-electron chi connectivity index (χ1n) is 7.60. The topological polar surface area (TPSA) is 127 Å². The van der Waals surface area contributed by atoms with Crippen LogP contribution in [0.5, 0.6) is 0 Å². The molecule has 0 saturated carbocycles. The predicted octanol–water partition coefficient (Wildman–Crippen LogP) is 2.31. The highest BCUT2D eigenvalue weighted by Gasteiger charge is 2.10. The van der Waals surface area contributed by atoms with E-state index in [2.05, 4.69) is 15.8 Å². The van der Waals surface area contributed by atoms with E-state index in [-0.39, 0.29) is 17.3 Å². The van der Waals surface area contributed by atoms with Gasteiger partial charge in [0.2, 0.25) is 10.0 Å². The Kier molecular flexibility index (Phi) is 5.01. The highest BCUT2D eigenvalue weighted by Crippen LogP contribution is 2.21. The summed E-state index contributed by atoms with van der Waals surface area (Å²) in [6.07, 6.45) is 0. The molecule has 0 saturated heterocycles. The van der Waals surface area contributed by atoms with Crippen molar-refractivity contribution in [3.05, 3.63) is 66.2 Å². The number of aromatic nitrogens is 1. The third-order valence-corrected chi connectivity index (χ3v) is 4.44. The van der Waals surface area contributed by atoms with E-state index in [1.807, 2.05) is 30.3 Å². The molecule has 3 rings (SSSR count). The molecule has 0 aliphatic heterocycles. The minimum atomic E-state index is -3.73. The molecule has 0 aliphatic rings. The van der Waals surface area contributed by atoms with E-state index in [9.17, 15) is 13.2 Å². The smallest absolute Gasteiger partial charge is 0.320 e. The Morgan fingerprint density at radius 2 is 1.77 bits per heavy atom. The maximum Gasteiger partial charge on any atom is 0.320 e. The molecule has 8 nitrogen and oxygen atoms in total. The molecular formula is C17H16N4O4S. The van der Waals surface area contributed by atoms with Crippen LogP contribution in [0.15, 0.2) is 70.1 Å². The van der Waals surface area contributed by atoms with Crippen LogP contribution >= 0.6 is 0 Å². The Balaban J connectivity index is 1.55. The van der Waals surface area contributed by atoms with Gasteiger partial charge in [-0.2, -0.15) is 0 Å². The Hall–Kier alpha value is -3.17. The average Bonchev–Trinajstić information content (AvgIpc) is 3.09. The summed E-state index contributed by atoms with van der Waals surface area (Å²) in [5, 5.41) is 14.0. The van der Waals surface area contributed by atoms with Crippen molar-refractivity contribution in [2.45, 2.75) is 11.4 Å². The number of sulfonamides is 1. The van der Waals surface area contributed by atoms with Crippen LogP contribution in [-0.4, -0.2) is 19.6 Å². The number of nitrogens with two attached hydrogens (primary N) is 1. The van der Waals surface area contributed by atoms with Gasteiger partial charge in [-0.3, -0.25) is 5.32 Å². The third-order valence-electron chi connectivity index (χ3n) is 3.52. The lowest BCUT2D eigenvalue weighted by molar-refractivity contribution is 0.251. The van der Waals surface area contributed by atoms with E-state index in [1.165, 1.54) is 12.1 Å². The van der Waals surface area contributed by atoms with Gasteiger partial charge in [-0.15, -0.1) is 0 Å². The summed E-state index contributed by atoms with van der Waals surface area (Å²) in [5.41, 5.74) is 1.57. The lowest BCUT2D eigenvalue weighted by Gasteiger charge is -2.06. The van der Waals surface area contributed by atoms with Gasteiger partial charge in [0.15, 0.2) is 11.6 Å². The summed E-state index contributed by atoms with van der Waals surface area (Å²) in [4.78, 5) is 12.0. The standard InChI is InChI=1S/C17H16N4O4S/c18-26(23,24)14-8-6-12(7-9-14)11-19-17(22)20-16-10-15(25-21-16)13-4-2-1-3-5-13/h1-10H,11H2,(H2,18,23,24)(H2,19,20,21,22). The second kappa shape index (κ2) is 7.38. The number of rotatable bonds is 5. The molecule has 3 aromatic rings. The van der Waals surface area contributed by atoms with Crippen molar-refractivity contribution >= 4 is 21.9 Å². The van der Waals surface area contributed by atoms with Crippen LogP contribution in [0.3, 0.4) is 0 Å². The van der Waals surface area contributed by atoms with E-state index < -0.39 is 16.1 Å². The first-order valence-corrected chi connectivity index (χ1v) is 9.15. The molecule has 2 amide bonds. The second-order valence-corrected chi connectivity index (χ2v) is 7.00. The second-order valence-electron chi connectivity index (χ2n) is 5.44. The molecule has 1 heterocycles. The molecular weight excluding hydrogens is 356 g/mol. The van der Waals surface area contributed by atoms with Crippen LogP contribution in [0.4, 0.5) is 10.6 Å². The van der Waals surface area contributed by atoms with Gasteiger partial charge in [0, 0.05) is 18.2 Å². The SMILES string of the molecule is NS(=O)(=O)c1ccc(CNC(=O)Nc2cc(-c3ccccc3)on2)cc1. The normalized spacial score (nSPS) is 11.1. The number of amides is 2. The molecule has 1 aromatic heterocycles. The minimum Gasteiger partial charge on any atom is -0.354 e. The van der Waals surface area contributed by atoms with Crippen molar-refractivity contribution in [2.75, 3.05) is 5.32 Å². The predicted molar refractivity (Wildman–Crippen MR) is 95.6 cm³/mol. The lowest BCUT2D eigenvalue weighted by Crippen LogP contribution is -2.28. The number of carbonyl (C=O) groups excluding carboxylic acids is 1. The lowest BCUT2D eigenvalue weighted by atomic mass is 10.2. The number of benzene rings is 2. The Morgan fingerprint density at radius 3 is 2.42 bits per heavy atom. The van der Waals surface area contributed by atoms with Crippen LogP contribution < -0.4 is 15.8 Å². The van der Waals surface area contributed by atoms with Gasteiger partial charge < -0.3 is 9.84 Å². The fourth-order valence-corrected chi connectivity index (χ4v) is 2.73. The van der Waals surface area contributed by atoms with Crippen molar-refractivity contribution < 1.29 is 17.7 Å². The zero-order chi connectivity index (χ0) is 18.6. The number of hydrogen-bond donors (Lipinski definition) is 3. The van der Waals surface area contributed by atoms with Gasteiger partial charge in [-0.05, 0) is 17.7 Å². The zero-order valence-corrected chi connectivity index (χ0v) is 14.4. The Morgan fingerprint density at radius 1 is 1.08 bits per heavy atom. The zero-order valence-electron chi connectivity index (χ0n) is 13.5. The number of primary sulfonamides is 1. The highest BCUT2D eigenvalue weighted by atomic mass is 32.2. The summed E-state index contributed by atoms with van der Waals surface area (Å²) < 4.78 is 27.6. The molecule has 9 heteroatoms. The molecule has 0 fully saturated rings. The van der Waals surface area contributed by atoms with Crippen LogP contribution in [0.2, 0.25) is 0 Å². The van der Waals surface area contributed by atoms with Gasteiger partial charge in [0.25, 0.3) is 0 Å². The maximum absolute atomic E-state index is 11.9. The molecule has 134 valence electrons. The highest BCUT2D eigenvalue weighted by molar-refractivity contribution is 7.89. The summed E-state index contributed by atoms with van der Waals surface area (Å²) in [6.45, 7) is 0.208. The molecule has 0 atom stereocenters. The third kappa shape index (κ3) is 4.47. The Labute approximate surface area is 150 Å². The number of nitrogens with one attached hydrogen (secondary N) is 2. The van der Waals surface area contributed by atoms with E-state index in [1.54, 1.807) is 18.2 Å². The van der Waals surface area contributed by atoms with Crippen LogP contribution in [0.25, 0.3) is 11.3 Å². The summed E-state index contributed by atoms with van der Waals surface area (Å²) in [7, 11) is -3.73. The summed E-state index contributed by atoms with van der Waals surface area (Å²) >= 11 is 0. The number of urea groups is 1. The first-order chi connectivity index (χ1) is 12.4. The van der Waals surface area contributed by atoms with Crippen molar-refractivity contribution in [3.8, 4) is 11.3 Å². The van der Waals surface area contributed by atoms with Crippen LogP contribution in [-0.2, 0) is 16.6 Å². The maximum atomic E-state index is 11.9. The van der Waals surface area contributed by atoms with E-state index in [4.69, 9.17) is 9.66 Å². The minimum absolute atomic E-state index is 0.0155. The van der Waals surface area contributed by atoms with E-state index in [0.29, 0.717) is 5.76 Å². The monoisotopic (exact) mass is 372 g/mol. The molecule has 0 aliphatic carbocycles. The summed E-state index contributed by atoms with van der Waals surface area (Å²) in [6, 6.07) is 16.4. The fourth-order valence-electron chi connectivity index (χ4n) is 2.21. The van der Waals surface area contributed by atoms with Crippen molar-refractivity contribution in [1.29, 1.82) is 0 Å². The Bertz CT molecular complexity index is 999. The van der Waals surface area contributed by atoms with Crippen LogP contribution in [0.1, 0.15) is 5.56 Å². The molecule has 4 N–H and O–H groups in total. The number of anilines is 1. The molecule has 0 bridgehead atoms. The number of nitrogens with zero attached hydrogens (tertiary/aromatic N) is 1. The molecule has 0 radical (unpaired) electrons. The van der Waals surface area contributed by atoms with E-state index in [0.717, 1.165) is 11.1 Å². The molecule has 26 heavy (non-hydrogen) atoms. The quantitative estimate of drug-likeness (QED) is 0.633. The number of hydrogen-bond acceptors (Lipinski definition) is 5. The van der Waals surface area contributed by atoms with E-state index >= 15 is 0 Å². The van der Waals surface area contributed by atoms with Gasteiger partial charge >= 0.3 is 6.03 Å². The van der Waals surface area contributed by atoms with Crippen molar-refractivity contribution in [3.63, 3.8) is 0 Å².